The Morgan fingerprint density at radius 3 is 2.74 bits per heavy atom. The predicted molar refractivity (Wildman–Crippen MR) is 113 cm³/mol. The maximum Gasteiger partial charge on any atom is 0.352 e. The molecule has 2 aliphatic rings. The van der Waals surface area contributed by atoms with Crippen LogP contribution in [-0.2, 0) is 21.4 Å². The molecule has 3 heterocycles. The van der Waals surface area contributed by atoms with Crippen LogP contribution in [0.3, 0.4) is 0 Å². The number of β-lactam (4-membered cyclic amide) rings is 1. The van der Waals surface area contributed by atoms with E-state index in [1.54, 1.807) is 48.3 Å². The van der Waals surface area contributed by atoms with Crippen molar-refractivity contribution in [2.24, 2.45) is 7.05 Å². The molecular weight excluding hydrogens is 442 g/mol. The summed E-state index contributed by atoms with van der Waals surface area (Å²) in [5, 5.41) is 30.4. The third kappa shape index (κ3) is 4.05. The van der Waals surface area contributed by atoms with E-state index in [4.69, 9.17) is 0 Å². The summed E-state index contributed by atoms with van der Waals surface area (Å²) in [6, 6.07) is 7.49. The van der Waals surface area contributed by atoms with Crippen molar-refractivity contribution in [1.82, 2.24) is 25.0 Å². The number of carbonyl (C=O) groups excluding carboxylic acids is 2. The van der Waals surface area contributed by atoms with Crippen molar-refractivity contribution in [3.63, 3.8) is 0 Å². The van der Waals surface area contributed by atoms with Crippen LogP contribution >= 0.6 is 23.5 Å². The molecule has 0 aliphatic carbocycles. The first-order valence-electron chi connectivity index (χ1n) is 9.28. The number of carbonyl (C=O) groups is 3. The molecule has 3 N–H and O–H groups in total. The van der Waals surface area contributed by atoms with Crippen molar-refractivity contribution in [2.75, 3.05) is 11.5 Å². The summed E-state index contributed by atoms with van der Waals surface area (Å²) in [6.45, 7) is 0. The first-order chi connectivity index (χ1) is 14.9. The largest absolute Gasteiger partial charge is 0.477 e. The van der Waals surface area contributed by atoms with Crippen molar-refractivity contribution in [1.29, 1.82) is 0 Å². The third-order valence-corrected chi connectivity index (χ3v) is 7.42. The number of nitrogens with zero attached hydrogens (tertiary/aromatic N) is 4. The summed E-state index contributed by atoms with van der Waals surface area (Å²) >= 11 is 2.71. The lowest BCUT2D eigenvalue weighted by atomic mass is 10.0. The van der Waals surface area contributed by atoms with Gasteiger partial charge in [-0.25, -0.2) is 4.79 Å². The fourth-order valence-corrected chi connectivity index (χ4v) is 5.74. The highest BCUT2D eigenvalue weighted by atomic mass is 32.2. The topological polar surface area (TPSA) is 138 Å². The number of aromatic nitrogens is 3. The van der Waals surface area contributed by atoms with Gasteiger partial charge in [0.15, 0.2) is 11.3 Å². The second-order valence-corrected chi connectivity index (χ2v) is 9.03. The van der Waals surface area contributed by atoms with Gasteiger partial charge in [0.25, 0.3) is 11.8 Å². The lowest BCUT2D eigenvalue weighted by molar-refractivity contribution is -0.151. The van der Waals surface area contributed by atoms with Crippen LogP contribution in [0.4, 0.5) is 0 Å². The number of amides is 2. The number of aliphatic hydroxyl groups is 1. The fourth-order valence-electron chi connectivity index (χ4n) is 3.37. The second-order valence-electron chi connectivity index (χ2n) is 6.98. The molecule has 2 aromatic rings. The van der Waals surface area contributed by atoms with Crippen LogP contribution in [-0.4, -0.2) is 70.6 Å². The molecule has 1 saturated heterocycles. The van der Waals surface area contributed by atoms with Crippen LogP contribution in [0.1, 0.15) is 11.7 Å². The van der Waals surface area contributed by atoms with Gasteiger partial charge in [-0.3, -0.25) is 14.5 Å². The van der Waals surface area contributed by atoms with Gasteiger partial charge >= 0.3 is 5.97 Å². The Hall–Kier alpha value is -2.83. The zero-order valence-corrected chi connectivity index (χ0v) is 18.0. The van der Waals surface area contributed by atoms with E-state index in [9.17, 15) is 24.6 Å². The molecule has 1 aromatic heterocycles. The highest BCUT2D eigenvalue weighted by Crippen LogP contribution is 2.41. The molecular formula is C19H19N5O5S2. The lowest BCUT2D eigenvalue weighted by Crippen LogP contribution is -2.70. The average molecular weight is 462 g/mol. The number of benzene rings is 1. The molecule has 0 saturated carbocycles. The van der Waals surface area contributed by atoms with E-state index in [0.717, 1.165) is 0 Å². The van der Waals surface area contributed by atoms with E-state index < -0.39 is 35.3 Å². The molecule has 10 nitrogen and oxygen atoms in total. The zero-order valence-electron chi connectivity index (χ0n) is 16.3. The summed E-state index contributed by atoms with van der Waals surface area (Å²) in [4.78, 5) is 38.3. The molecule has 0 spiro atoms. The number of carboxylic acids is 1. The number of hydrogen-bond acceptors (Lipinski definition) is 8. The van der Waals surface area contributed by atoms with Crippen molar-refractivity contribution in [3.8, 4) is 0 Å². The molecule has 12 heteroatoms. The zero-order chi connectivity index (χ0) is 22.1. The van der Waals surface area contributed by atoms with E-state index in [1.165, 1.54) is 28.4 Å². The van der Waals surface area contributed by atoms with Crippen LogP contribution in [0.2, 0.25) is 0 Å². The van der Waals surface area contributed by atoms with Gasteiger partial charge in [0.2, 0.25) is 0 Å². The molecule has 31 heavy (non-hydrogen) atoms. The molecule has 162 valence electrons. The van der Waals surface area contributed by atoms with Gasteiger partial charge in [0, 0.05) is 18.6 Å². The Morgan fingerprint density at radius 1 is 1.35 bits per heavy atom. The van der Waals surface area contributed by atoms with Gasteiger partial charge in [-0.15, -0.1) is 22.0 Å². The van der Waals surface area contributed by atoms with Crippen molar-refractivity contribution >= 4 is 41.3 Å². The molecule has 2 amide bonds. The number of aryl methyl sites for hydroxylation is 1. The Bertz CT molecular complexity index is 1060. The third-order valence-electron chi connectivity index (χ3n) is 4.96. The van der Waals surface area contributed by atoms with Crippen molar-refractivity contribution in [3.05, 3.63) is 53.5 Å². The number of fused-ring (bicyclic) bond motifs is 1. The van der Waals surface area contributed by atoms with Crippen molar-refractivity contribution < 1.29 is 24.6 Å². The van der Waals surface area contributed by atoms with Crippen LogP contribution in [0.5, 0.6) is 0 Å². The minimum atomic E-state index is -1.41. The first kappa shape index (κ1) is 21.4. The van der Waals surface area contributed by atoms with Crippen LogP contribution in [0.15, 0.2) is 53.1 Å². The molecule has 1 aromatic carbocycles. The molecule has 2 aliphatic heterocycles. The number of aliphatic hydroxyl groups excluding tert-OH is 1. The number of nitrogens with one attached hydrogen (secondary N) is 1. The highest BCUT2D eigenvalue weighted by Gasteiger charge is 2.54. The summed E-state index contributed by atoms with van der Waals surface area (Å²) < 4.78 is 1.73. The van der Waals surface area contributed by atoms with Crippen molar-refractivity contribution in [2.45, 2.75) is 22.7 Å². The summed E-state index contributed by atoms with van der Waals surface area (Å²) in [5.41, 5.74) is 0.954. The SMILES string of the molecule is Cn1cnnc1SCC1=C(C(=O)O)N2C(=O)C(NC(=O)C(O)c3ccccc3)[C@@H]2SC1. The molecule has 4 rings (SSSR count). The van der Waals surface area contributed by atoms with E-state index in [-0.39, 0.29) is 5.70 Å². The predicted octanol–water partition coefficient (Wildman–Crippen LogP) is 0.379. The Labute approximate surface area is 185 Å². The van der Waals surface area contributed by atoms with E-state index in [2.05, 4.69) is 15.5 Å². The molecule has 0 radical (unpaired) electrons. The monoisotopic (exact) mass is 461 g/mol. The first-order valence-corrected chi connectivity index (χ1v) is 11.3. The standard InChI is InChI=1S/C19H19N5O5S2/c1-23-9-20-22-19(23)31-8-11-7-30-17-12(16(27)24(17)13(11)18(28)29)21-15(26)14(25)10-5-3-2-4-6-10/h2-6,9,12,14,17,25H,7-8H2,1H3,(H,21,26)(H,28,29)/t12?,14?,17-/m0/s1. The quantitative estimate of drug-likeness (QED) is 0.395. The molecule has 2 unspecified atom stereocenters. The summed E-state index contributed by atoms with van der Waals surface area (Å²) in [5.74, 6) is -1.66. The van der Waals surface area contributed by atoms with Gasteiger partial charge in [-0.05, 0) is 11.1 Å². The summed E-state index contributed by atoms with van der Waals surface area (Å²) in [7, 11) is 1.79. The van der Waals surface area contributed by atoms with Crippen LogP contribution in [0, 0.1) is 0 Å². The Kier molecular flexibility index (Phi) is 6.03. The maximum atomic E-state index is 12.7. The minimum absolute atomic E-state index is 0.0578. The van der Waals surface area contributed by atoms with E-state index >= 15 is 0 Å². The molecule has 0 bridgehead atoms. The minimum Gasteiger partial charge on any atom is -0.477 e. The number of rotatable bonds is 7. The molecule has 1 fully saturated rings. The fraction of sp³-hybridized carbons (Fsp3) is 0.316. The Balaban J connectivity index is 1.46. The molecule has 3 atom stereocenters. The average Bonchev–Trinajstić information content (AvgIpc) is 3.19. The highest BCUT2D eigenvalue weighted by molar-refractivity contribution is 8.01. The maximum absolute atomic E-state index is 12.7. The van der Waals surface area contributed by atoms with Crippen LogP contribution in [0.25, 0.3) is 0 Å². The number of thioether (sulfide) groups is 2. The Morgan fingerprint density at radius 2 is 2.10 bits per heavy atom. The lowest BCUT2D eigenvalue weighted by Gasteiger charge is -2.49. The van der Waals surface area contributed by atoms with Gasteiger partial charge < -0.3 is 20.1 Å². The van der Waals surface area contributed by atoms with Gasteiger partial charge in [-0.1, -0.05) is 42.1 Å². The number of hydrogen-bond donors (Lipinski definition) is 3. The van der Waals surface area contributed by atoms with Gasteiger partial charge in [0.05, 0.1) is 0 Å². The number of aliphatic carboxylic acids is 1. The summed E-state index contributed by atoms with van der Waals surface area (Å²) in [6.07, 6.45) is 0.140. The normalized spacial score (nSPS) is 21.4. The smallest absolute Gasteiger partial charge is 0.352 e. The number of carboxylic acid groups (broad SMARTS) is 1. The second kappa shape index (κ2) is 8.73. The van der Waals surface area contributed by atoms with Crippen LogP contribution < -0.4 is 5.32 Å². The van der Waals surface area contributed by atoms with Gasteiger partial charge in [0.1, 0.15) is 23.4 Å². The van der Waals surface area contributed by atoms with E-state index in [1.807, 2.05) is 0 Å². The van der Waals surface area contributed by atoms with Gasteiger partial charge in [-0.2, -0.15) is 0 Å². The van der Waals surface area contributed by atoms with E-state index in [0.29, 0.717) is 27.8 Å².